The Morgan fingerprint density at radius 2 is 1.49 bits per heavy atom. The minimum atomic E-state index is -2.82. The van der Waals surface area contributed by atoms with E-state index in [1.54, 1.807) is 30.7 Å². The highest BCUT2D eigenvalue weighted by Crippen LogP contribution is 2.38. The molecular formula is C36H32Cl2N4O2Si. The first-order valence-corrected chi connectivity index (χ1v) is 17.3. The normalized spacial score (nSPS) is 11.9. The van der Waals surface area contributed by atoms with E-state index in [2.05, 4.69) is 79.6 Å². The zero-order chi connectivity index (χ0) is 31.6. The Morgan fingerprint density at radius 3 is 2.07 bits per heavy atom. The molecule has 2 heterocycles. The van der Waals surface area contributed by atoms with Gasteiger partial charge >= 0.3 is 0 Å². The van der Waals surface area contributed by atoms with Gasteiger partial charge in [0.25, 0.3) is 14.2 Å². The molecule has 6 aromatic rings. The predicted molar refractivity (Wildman–Crippen MR) is 186 cm³/mol. The number of hydrogen-bond acceptors (Lipinski definition) is 4. The minimum absolute atomic E-state index is 0.188. The Kier molecular flexibility index (Phi) is 8.62. The van der Waals surface area contributed by atoms with E-state index < -0.39 is 14.2 Å². The number of halogens is 2. The van der Waals surface area contributed by atoms with Crippen molar-refractivity contribution in [2.45, 2.75) is 32.4 Å². The third kappa shape index (κ3) is 5.80. The number of hydrogen-bond donors (Lipinski definition) is 1. The number of fused-ring (bicyclic) bond motifs is 1. The van der Waals surface area contributed by atoms with Gasteiger partial charge in [-0.2, -0.15) is 0 Å². The molecule has 4 aromatic carbocycles. The van der Waals surface area contributed by atoms with Crippen LogP contribution in [0.25, 0.3) is 16.6 Å². The number of nitrogens with zero attached hydrogens (tertiary/aromatic N) is 3. The second-order valence-electron chi connectivity index (χ2n) is 11.8. The number of carbonyl (C=O) groups is 1. The van der Waals surface area contributed by atoms with Crippen molar-refractivity contribution >= 4 is 64.4 Å². The Morgan fingerprint density at radius 1 is 0.867 bits per heavy atom. The van der Waals surface area contributed by atoms with Crippen LogP contribution in [-0.4, -0.2) is 28.8 Å². The molecule has 0 atom stereocenters. The second kappa shape index (κ2) is 12.6. The summed E-state index contributed by atoms with van der Waals surface area (Å²) in [6, 6.07) is 31.8. The van der Waals surface area contributed by atoms with Crippen LogP contribution in [0.4, 0.5) is 5.69 Å². The minimum Gasteiger partial charge on any atom is -0.403 e. The van der Waals surface area contributed by atoms with Crippen LogP contribution in [0.3, 0.4) is 0 Å². The average Bonchev–Trinajstić information content (AvgIpc) is 3.56. The summed E-state index contributed by atoms with van der Waals surface area (Å²) in [5.74, 6) is -0.414. The number of para-hydroxylation sites is 1. The van der Waals surface area contributed by atoms with Gasteiger partial charge in [-0.1, -0.05) is 123 Å². The van der Waals surface area contributed by atoms with Gasteiger partial charge in [0, 0.05) is 29.5 Å². The molecule has 0 saturated carbocycles. The van der Waals surface area contributed by atoms with Gasteiger partial charge in [-0.25, -0.2) is 4.98 Å². The number of nitrogens with one attached hydrogen (secondary N) is 1. The van der Waals surface area contributed by atoms with E-state index in [1.165, 1.54) is 10.4 Å². The summed E-state index contributed by atoms with van der Waals surface area (Å²) in [5.41, 5.74) is 3.14. The molecular weight excluding hydrogens is 619 g/mol. The van der Waals surface area contributed by atoms with Gasteiger partial charge in [-0.3, -0.25) is 9.78 Å². The van der Waals surface area contributed by atoms with Crippen LogP contribution in [-0.2, 0) is 11.0 Å². The molecule has 0 radical (unpaired) electrons. The number of imidazole rings is 1. The maximum Gasteiger partial charge on any atom is 0.261 e. The maximum atomic E-state index is 13.3. The molecule has 0 unspecified atom stereocenters. The van der Waals surface area contributed by atoms with Crippen molar-refractivity contribution in [3.63, 3.8) is 0 Å². The molecule has 0 fully saturated rings. The highest BCUT2D eigenvalue weighted by molar-refractivity contribution is 6.99. The Bertz CT molecular complexity index is 1900. The molecule has 0 aliphatic heterocycles. The highest BCUT2D eigenvalue weighted by Gasteiger charge is 2.50. The molecule has 1 amide bonds. The van der Waals surface area contributed by atoms with E-state index in [0.717, 1.165) is 16.6 Å². The molecule has 9 heteroatoms. The number of rotatable bonds is 8. The Labute approximate surface area is 273 Å². The Balaban J connectivity index is 1.46. The molecule has 0 spiro atoms. The number of pyridine rings is 1. The quantitative estimate of drug-likeness (QED) is 0.169. The van der Waals surface area contributed by atoms with Gasteiger partial charge < -0.3 is 14.3 Å². The number of amides is 1. The van der Waals surface area contributed by atoms with E-state index >= 15 is 0 Å². The topological polar surface area (TPSA) is 69.0 Å². The van der Waals surface area contributed by atoms with Crippen LogP contribution in [0, 0.1) is 0 Å². The van der Waals surface area contributed by atoms with Crippen LogP contribution in [0.1, 0.15) is 36.7 Å². The first-order valence-electron chi connectivity index (χ1n) is 14.6. The number of aromatic nitrogens is 3. The van der Waals surface area contributed by atoms with E-state index in [1.807, 2.05) is 47.3 Å². The SMILES string of the molecule is CC(C)(C)[Si](OCc1cnc2c(NC(=O)c3c(Cl)cccc3Cl)cccc2c1-n1ccnc1)(c1ccccc1)c1ccccc1. The summed E-state index contributed by atoms with van der Waals surface area (Å²) in [5, 5.41) is 6.56. The number of carbonyl (C=O) groups excluding carboxylic acids is 1. The van der Waals surface area contributed by atoms with Gasteiger partial charge in [0.1, 0.15) is 0 Å². The van der Waals surface area contributed by atoms with Gasteiger partial charge in [-0.15, -0.1) is 0 Å². The zero-order valence-electron chi connectivity index (χ0n) is 25.2. The van der Waals surface area contributed by atoms with E-state index in [-0.39, 0.29) is 20.6 Å². The van der Waals surface area contributed by atoms with Crippen molar-refractivity contribution in [3.05, 3.63) is 143 Å². The lowest BCUT2D eigenvalue weighted by Gasteiger charge is -2.43. The van der Waals surface area contributed by atoms with Gasteiger partial charge in [0.15, 0.2) is 0 Å². The highest BCUT2D eigenvalue weighted by atomic mass is 35.5. The van der Waals surface area contributed by atoms with Gasteiger partial charge in [0.05, 0.1) is 45.4 Å². The largest absolute Gasteiger partial charge is 0.403 e. The zero-order valence-corrected chi connectivity index (χ0v) is 27.7. The standard InChI is InChI=1S/C36H32Cl2N4O2Si/c1-36(2,3)45(26-12-6-4-7-13-26,27-14-8-5-9-15-27)44-23-25-22-40-33-28(34(25)42-21-20-39-24-42)16-10-19-31(33)41-35(43)32-29(37)17-11-18-30(32)38/h4-22,24H,23H2,1-3H3,(H,41,43). The first kappa shape index (κ1) is 30.7. The fourth-order valence-corrected chi connectivity index (χ4v) is 11.1. The third-order valence-corrected chi connectivity index (χ3v) is 13.6. The summed E-state index contributed by atoms with van der Waals surface area (Å²) in [7, 11) is -2.82. The lowest BCUT2D eigenvalue weighted by Crippen LogP contribution is -2.66. The molecule has 6 nitrogen and oxygen atoms in total. The molecule has 0 aliphatic carbocycles. The van der Waals surface area contributed by atoms with Gasteiger partial charge in [0.2, 0.25) is 0 Å². The molecule has 6 rings (SSSR count). The molecule has 0 aliphatic rings. The summed E-state index contributed by atoms with van der Waals surface area (Å²) >= 11 is 12.7. The van der Waals surface area contributed by atoms with Crippen molar-refractivity contribution < 1.29 is 9.22 Å². The third-order valence-electron chi connectivity index (χ3n) is 8.01. The number of anilines is 1. The average molecular weight is 652 g/mol. The van der Waals surface area contributed by atoms with E-state index in [9.17, 15) is 4.79 Å². The summed E-state index contributed by atoms with van der Waals surface area (Å²) < 4.78 is 9.25. The van der Waals surface area contributed by atoms with Gasteiger partial charge in [-0.05, 0) is 33.6 Å². The van der Waals surface area contributed by atoms with Crippen LogP contribution < -0.4 is 15.7 Å². The smallest absolute Gasteiger partial charge is 0.261 e. The van der Waals surface area contributed by atoms with Crippen molar-refractivity contribution in [1.82, 2.24) is 14.5 Å². The van der Waals surface area contributed by atoms with Crippen LogP contribution in [0.2, 0.25) is 15.1 Å². The van der Waals surface area contributed by atoms with Crippen LogP contribution in [0.15, 0.2) is 122 Å². The fraction of sp³-hybridized carbons (Fsp3) is 0.139. The Hall–Kier alpha value is -4.27. The first-order chi connectivity index (χ1) is 21.7. The number of benzene rings is 4. The molecule has 226 valence electrons. The summed E-state index contributed by atoms with van der Waals surface area (Å²) in [4.78, 5) is 22.5. The maximum absolute atomic E-state index is 13.3. The predicted octanol–water partition coefficient (Wildman–Crippen LogP) is 8.06. The van der Waals surface area contributed by atoms with Crippen molar-refractivity contribution in [2.24, 2.45) is 0 Å². The van der Waals surface area contributed by atoms with Crippen LogP contribution in [0.5, 0.6) is 0 Å². The lowest BCUT2D eigenvalue weighted by atomic mass is 10.1. The molecule has 2 aromatic heterocycles. The van der Waals surface area contributed by atoms with Crippen molar-refractivity contribution in [2.75, 3.05) is 5.32 Å². The molecule has 0 saturated heterocycles. The van der Waals surface area contributed by atoms with Crippen molar-refractivity contribution in [1.29, 1.82) is 0 Å². The van der Waals surface area contributed by atoms with Crippen molar-refractivity contribution in [3.8, 4) is 5.69 Å². The fourth-order valence-electron chi connectivity index (χ4n) is 6.00. The summed E-state index contributed by atoms with van der Waals surface area (Å²) in [6.07, 6.45) is 7.23. The lowest BCUT2D eigenvalue weighted by molar-refractivity contribution is 0.102. The molecule has 1 N–H and O–H groups in total. The van der Waals surface area contributed by atoms with Crippen LogP contribution >= 0.6 is 23.2 Å². The second-order valence-corrected chi connectivity index (χ2v) is 16.9. The molecule has 45 heavy (non-hydrogen) atoms. The van der Waals surface area contributed by atoms with E-state index in [0.29, 0.717) is 17.8 Å². The summed E-state index contributed by atoms with van der Waals surface area (Å²) in [6.45, 7) is 7.09. The van der Waals surface area contributed by atoms with E-state index in [4.69, 9.17) is 32.6 Å². The monoisotopic (exact) mass is 650 g/mol. The molecule has 0 bridgehead atoms.